The van der Waals surface area contributed by atoms with E-state index in [0.717, 1.165) is 11.9 Å². The third-order valence-electron chi connectivity index (χ3n) is 5.22. The predicted octanol–water partition coefficient (Wildman–Crippen LogP) is 3.60. The third-order valence-corrected chi connectivity index (χ3v) is 5.22. The summed E-state index contributed by atoms with van der Waals surface area (Å²) in [6.45, 7) is 4.73. The number of likely N-dealkylation sites (tertiary alicyclic amines) is 1. The zero-order chi connectivity index (χ0) is 21.1. The molecule has 152 valence electrons. The van der Waals surface area contributed by atoms with Crippen molar-refractivity contribution in [3.8, 4) is 0 Å². The summed E-state index contributed by atoms with van der Waals surface area (Å²) in [4.78, 5) is 34.9. The van der Waals surface area contributed by atoms with Crippen molar-refractivity contribution in [3.05, 3.63) is 78.5 Å². The Bertz CT molecular complexity index is 1110. The zero-order valence-electron chi connectivity index (χ0n) is 16.3. The predicted molar refractivity (Wildman–Crippen MR) is 112 cm³/mol. The number of anilines is 1. The first-order valence-corrected chi connectivity index (χ1v) is 9.76. The zero-order valence-corrected chi connectivity index (χ0v) is 16.3. The molecule has 2 aromatic carbocycles. The van der Waals surface area contributed by atoms with Crippen LogP contribution in [0, 0.1) is 11.7 Å². The van der Waals surface area contributed by atoms with Gasteiger partial charge in [-0.15, -0.1) is 0 Å². The Balaban J connectivity index is 1.38. The summed E-state index contributed by atoms with van der Waals surface area (Å²) in [5.74, 6) is 0.347. The van der Waals surface area contributed by atoms with Crippen molar-refractivity contribution in [2.24, 2.45) is 5.92 Å². The average molecular weight is 404 g/mol. The summed E-state index contributed by atoms with van der Waals surface area (Å²) in [6.07, 6.45) is 4.39. The largest absolute Gasteiger partial charge is 0.338 e. The highest BCUT2D eigenvalue weighted by Gasteiger charge is 2.27. The maximum absolute atomic E-state index is 13.3. The van der Waals surface area contributed by atoms with E-state index in [1.54, 1.807) is 36.5 Å². The lowest BCUT2D eigenvalue weighted by molar-refractivity contribution is -0.111. The van der Waals surface area contributed by atoms with Gasteiger partial charge in [-0.1, -0.05) is 6.58 Å². The fourth-order valence-electron chi connectivity index (χ4n) is 3.65. The van der Waals surface area contributed by atoms with Gasteiger partial charge in [0.15, 0.2) is 0 Å². The van der Waals surface area contributed by atoms with Gasteiger partial charge in [0.25, 0.3) is 5.91 Å². The molecule has 1 aromatic heterocycles. The lowest BCUT2D eigenvalue weighted by atomic mass is 10.0. The number of hydrogen-bond acceptors (Lipinski definition) is 4. The minimum absolute atomic E-state index is 0.0333. The first-order valence-electron chi connectivity index (χ1n) is 9.76. The normalized spacial score (nSPS) is 15.9. The maximum Gasteiger partial charge on any atom is 0.253 e. The van der Waals surface area contributed by atoms with Crippen molar-refractivity contribution >= 4 is 28.4 Å². The molecule has 1 N–H and O–H groups in total. The molecule has 7 heteroatoms. The number of nitrogens with zero attached hydrogens (tertiary/aromatic N) is 3. The fourth-order valence-corrected chi connectivity index (χ4v) is 3.65. The van der Waals surface area contributed by atoms with E-state index in [4.69, 9.17) is 0 Å². The summed E-state index contributed by atoms with van der Waals surface area (Å²) in [6, 6.07) is 11.3. The molecule has 0 bridgehead atoms. The standard InChI is InChI=1S/C23H21FN4O2/c1-2-22(29)26-19-6-3-16(4-7-19)23(30)28-10-9-15(14-28)11-21-25-13-17-12-18(24)5-8-20(17)27-21/h2-8,12-13,15H,1,9-11,14H2,(H,26,29)/t15-/m0/s1. The molecule has 2 heterocycles. The van der Waals surface area contributed by atoms with E-state index >= 15 is 0 Å². The summed E-state index contributed by atoms with van der Waals surface area (Å²) in [5.41, 5.74) is 1.91. The van der Waals surface area contributed by atoms with Crippen LogP contribution in [0.15, 0.2) is 61.3 Å². The van der Waals surface area contributed by atoms with Crippen LogP contribution in [0.3, 0.4) is 0 Å². The molecule has 1 aliphatic rings. The maximum atomic E-state index is 13.3. The highest BCUT2D eigenvalue weighted by atomic mass is 19.1. The Morgan fingerprint density at radius 3 is 2.80 bits per heavy atom. The van der Waals surface area contributed by atoms with Crippen LogP contribution >= 0.6 is 0 Å². The third kappa shape index (κ3) is 4.35. The van der Waals surface area contributed by atoms with Gasteiger partial charge >= 0.3 is 0 Å². The van der Waals surface area contributed by atoms with Gasteiger partial charge in [0, 0.05) is 42.3 Å². The molecule has 0 spiro atoms. The minimum atomic E-state index is -0.306. The number of benzene rings is 2. The molecule has 1 aliphatic heterocycles. The first-order chi connectivity index (χ1) is 14.5. The van der Waals surface area contributed by atoms with Crippen molar-refractivity contribution in [1.82, 2.24) is 14.9 Å². The van der Waals surface area contributed by atoms with E-state index in [-0.39, 0.29) is 23.5 Å². The number of halogens is 1. The SMILES string of the molecule is C=CC(=O)Nc1ccc(C(=O)N2CC[C@@H](Cc3ncc4cc(F)ccc4n3)C2)cc1. The quantitative estimate of drug-likeness (QED) is 0.660. The summed E-state index contributed by atoms with van der Waals surface area (Å²) < 4.78 is 13.3. The molecular formula is C23H21FN4O2. The number of nitrogens with one attached hydrogen (secondary N) is 1. The Kier molecular flexibility index (Phi) is 5.52. The number of aromatic nitrogens is 2. The molecule has 2 amide bonds. The van der Waals surface area contributed by atoms with Gasteiger partial charge in [-0.3, -0.25) is 9.59 Å². The van der Waals surface area contributed by atoms with Gasteiger partial charge in [0.2, 0.25) is 5.91 Å². The summed E-state index contributed by atoms with van der Waals surface area (Å²) >= 11 is 0. The van der Waals surface area contributed by atoms with Crippen LogP contribution in [-0.2, 0) is 11.2 Å². The van der Waals surface area contributed by atoms with Crippen LogP contribution in [0.25, 0.3) is 10.9 Å². The lowest BCUT2D eigenvalue weighted by Crippen LogP contribution is -2.29. The lowest BCUT2D eigenvalue weighted by Gasteiger charge is -2.17. The van der Waals surface area contributed by atoms with Crippen molar-refractivity contribution in [2.45, 2.75) is 12.8 Å². The second-order valence-electron chi connectivity index (χ2n) is 7.37. The Morgan fingerprint density at radius 2 is 2.03 bits per heavy atom. The van der Waals surface area contributed by atoms with Crippen molar-refractivity contribution in [2.75, 3.05) is 18.4 Å². The minimum Gasteiger partial charge on any atom is -0.338 e. The number of carbonyl (C=O) groups excluding carboxylic acids is 2. The molecular weight excluding hydrogens is 383 g/mol. The van der Waals surface area contributed by atoms with E-state index in [1.165, 1.54) is 18.2 Å². The molecule has 1 saturated heterocycles. The van der Waals surface area contributed by atoms with Gasteiger partial charge in [-0.25, -0.2) is 14.4 Å². The summed E-state index contributed by atoms with van der Waals surface area (Å²) in [7, 11) is 0. The average Bonchev–Trinajstić information content (AvgIpc) is 3.22. The number of fused-ring (bicyclic) bond motifs is 1. The van der Waals surface area contributed by atoms with Crippen LogP contribution < -0.4 is 5.32 Å². The van der Waals surface area contributed by atoms with Crippen LogP contribution in [0.2, 0.25) is 0 Å². The van der Waals surface area contributed by atoms with E-state index in [9.17, 15) is 14.0 Å². The topological polar surface area (TPSA) is 75.2 Å². The highest BCUT2D eigenvalue weighted by molar-refractivity contribution is 5.99. The second kappa shape index (κ2) is 8.41. The van der Waals surface area contributed by atoms with Crippen molar-refractivity contribution < 1.29 is 14.0 Å². The molecule has 1 atom stereocenters. The molecule has 30 heavy (non-hydrogen) atoms. The Morgan fingerprint density at radius 1 is 1.23 bits per heavy atom. The summed E-state index contributed by atoms with van der Waals surface area (Å²) in [5, 5.41) is 3.34. The molecule has 6 nitrogen and oxygen atoms in total. The Hall–Kier alpha value is -3.61. The number of hydrogen-bond donors (Lipinski definition) is 1. The van der Waals surface area contributed by atoms with Gasteiger partial charge in [-0.2, -0.15) is 0 Å². The van der Waals surface area contributed by atoms with Crippen molar-refractivity contribution in [1.29, 1.82) is 0 Å². The monoisotopic (exact) mass is 404 g/mol. The Labute approximate surface area is 173 Å². The van der Waals surface area contributed by atoms with Crippen LogP contribution in [0.5, 0.6) is 0 Å². The van der Waals surface area contributed by atoms with E-state index in [2.05, 4.69) is 21.9 Å². The van der Waals surface area contributed by atoms with Crippen molar-refractivity contribution in [3.63, 3.8) is 0 Å². The van der Waals surface area contributed by atoms with Gasteiger partial charge in [0.05, 0.1) is 5.52 Å². The molecule has 0 radical (unpaired) electrons. The first kappa shape index (κ1) is 19.7. The van der Waals surface area contributed by atoms with Gasteiger partial charge in [0.1, 0.15) is 11.6 Å². The molecule has 3 aromatic rings. The molecule has 0 unspecified atom stereocenters. The molecule has 1 fully saturated rings. The molecule has 0 saturated carbocycles. The van der Waals surface area contributed by atoms with Gasteiger partial charge < -0.3 is 10.2 Å². The fraction of sp³-hybridized carbons (Fsp3) is 0.217. The number of carbonyl (C=O) groups is 2. The van der Waals surface area contributed by atoms with Gasteiger partial charge in [-0.05, 0) is 60.9 Å². The smallest absolute Gasteiger partial charge is 0.253 e. The molecule has 4 rings (SSSR count). The highest BCUT2D eigenvalue weighted by Crippen LogP contribution is 2.23. The van der Waals surface area contributed by atoms with E-state index in [1.807, 2.05) is 4.90 Å². The number of rotatable bonds is 5. The van der Waals surface area contributed by atoms with Crippen LogP contribution in [0.1, 0.15) is 22.6 Å². The molecule has 0 aliphatic carbocycles. The van der Waals surface area contributed by atoms with Crippen LogP contribution in [0.4, 0.5) is 10.1 Å². The second-order valence-corrected chi connectivity index (χ2v) is 7.37. The van der Waals surface area contributed by atoms with E-state index < -0.39 is 0 Å². The van der Waals surface area contributed by atoms with E-state index in [0.29, 0.717) is 42.0 Å². The van der Waals surface area contributed by atoms with Crippen LogP contribution in [-0.4, -0.2) is 39.8 Å². The number of amides is 2.